The highest BCUT2D eigenvalue weighted by Crippen LogP contribution is 2.17. The summed E-state index contributed by atoms with van der Waals surface area (Å²) >= 11 is 0. The zero-order chi connectivity index (χ0) is 18.5. The zero-order valence-corrected chi connectivity index (χ0v) is 15.7. The summed E-state index contributed by atoms with van der Waals surface area (Å²) in [7, 11) is 1.67. The third-order valence-corrected chi connectivity index (χ3v) is 5.01. The fourth-order valence-corrected chi connectivity index (χ4v) is 3.43. The van der Waals surface area contributed by atoms with Crippen molar-refractivity contribution in [2.24, 2.45) is 0 Å². The second kappa shape index (κ2) is 8.41. The van der Waals surface area contributed by atoms with E-state index in [2.05, 4.69) is 31.9 Å². The molecule has 2 aromatic carbocycles. The molecule has 0 saturated carbocycles. The van der Waals surface area contributed by atoms with Crippen molar-refractivity contribution in [3.05, 3.63) is 54.4 Å². The normalized spacial score (nSPS) is 15.9. The van der Waals surface area contributed by atoms with Crippen LogP contribution < -0.4 is 9.47 Å². The van der Waals surface area contributed by atoms with Gasteiger partial charge in [-0.05, 0) is 36.4 Å². The average molecular weight is 366 g/mol. The summed E-state index contributed by atoms with van der Waals surface area (Å²) in [5.74, 6) is 2.79. The number of methoxy groups -OCH3 is 1. The summed E-state index contributed by atoms with van der Waals surface area (Å²) in [6, 6.07) is 15.9. The predicted molar refractivity (Wildman–Crippen MR) is 106 cm³/mol. The van der Waals surface area contributed by atoms with Crippen LogP contribution >= 0.6 is 0 Å². The van der Waals surface area contributed by atoms with Crippen LogP contribution in [0, 0.1) is 0 Å². The second-order valence-electron chi connectivity index (χ2n) is 6.84. The first-order chi connectivity index (χ1) is 13.3. The zero-order valence-electron chi connectivity index (χ0n) is 15.7. The van der Waals surface area contributed by atoms with E-state index in [9.17, 15) is 0 Å². The minimum Gasteiger partial charge on any atom is -0.497 e. The summed E-state index contributed by atoms with van der Waals surface area (Å²) in [6.45, 7) is 6.77. The quantitative estimate of drug-likeness (QED) is 0.697. The molecule has 0 unspecified atom stereocenters. The summed E-state index contributed by atoms with van der Waals surface area (Å²) < 4.78 is 11.0. The number of H-pyrrole nitrogens is 1. The molecule has 1 aromatic heterocycles. The lowest BCUT2D eigenvalue weighted by Gasteiger charge is -2.34. The van der Waals surface area contributed by atoms with E-state index in [1.54, 1.807) is 7.11 Å². The molecule has 1 N–H and O–H groups in total. The van der Waals surface area contributed by atoms with Crippen LogP contribution in [0.15, 0.2) is 48.5 Å². The van der Waals surface area contributed by atoms with Gasteiger partial charge in [0.2, 0.25) is 0 Å². The van der Waals surface area contributed by atoms with Crippen LogP contribution in [-0.4, -0.2) is 66.2 Å². The lowest BCUT2D eigenvalue weighted by Crippen LogP contribution is -2.47. The maximum atomic E-state index is 5.84. The number of nitrogens with zero attached hydrogens (tertiary/aromatic N) is 3. The summed E-state index contributed by atoms with van der Waals surface area (Å²) in [5, 5.41) is 0. The molecule has 0 spiro atoms. The number of piperazine rings is 1. The van der Waals surface area contributed by atoms with Crippen molar-refractivity contribution in [2.75, 3.05) is 46.4 Å². The standard InChI is InChI=1S/C21H26N4O2/c1-26-17-6-8-18(9-7-17)27-15-14-24-10-12-25(13-11-24)16-21-22-19-4-2-3-5-20(19)23-21/h2-9H,10-16H2,1H3,(H,22,23). The van der Waals surface area contributed by atoms with Gasteiger partial charge in [0.1, 0.15) is 23.9 Å². The number of ether oxygens (including phenoxy) is 2. The van der Waals surface area contributed by atoms with Crippen LogP contribution in [-0.2, 0) is 6.54 Å². The first-order valence-corrected chi connectivity index (χ1v) is 9.45. The van der Waals surface area contributed by atoms with Gasteiger partial charge in [-0.3, -0.25) is 9.80 Å². The third-order valence-electron chi connectivity index (χ3n) is 5.01. The molecule has 1 saturated heterocycles. The number of rotatable bonds is 7. The van der Waals surface area contributed by atoms with Crippen molar-refractivity contribution in [3.8, 4) is 11.5 Å². The number of fused-ring (bicyclic) bond motifs is 1. The number of hydrogen-bond acceptors (Lipinski definition) is 5. The van der Waals surface area contributed by atoms with Gasteiger partial charge < -0.3 is 14.5 Å². The molecule has 4 rings (SSSR count). The van der Waals surface area contributed by atoms with E-state index in [1.807, 2.05) is 36.4 Å². The molecule has 0 radical (unpaired) electrons. The Morgan fingerprint density at radius 3 is 2.37 bits per heavy atom. The fraction of sp³-hybridized carbons (Fsp3) is 0.381. The van der Waals surface area contributed by atoms with Crippen LogP contribution in [0.25, 0.3) is 11.0 Å². The number of para-hydroxylation sites is 2. The van der Waals surface area contributed by atoms with E-state index in [0.717, 1.165) is 67.6 Å². The largest absolute Gasteiger partial charge is 0.497 e. The van der Waals surface area contributed by atoms with Crippen LogP contribution in [0.4, 0.5) is 0 Å². The first kappa shape index (κ1) is 17.8. The highest BCUT2D eigenvalue weighted by Gasteiger charge is 2.18. The minimum absolute atomic E-state index is 0.704. The number of imidazole rings is 1. The number of benzene rings is 2. The number of aromatic amines is 1. The Kier molecular flexibility index (Phi) is 5.55. The molecule has 6 heteroatoms. The predicted octanol–water partition coefficient (Wildman–Crippen LogP) is 2.77. The monoisotopic (exact) mass is 366 g/mol. The number of hydrogen-bond donors (Lipinski definition) is 1. The van der Waals surface area contributed by atoms with Gasteiger partial charge in [0, 0.05) is 32.7 Å². The molecule has 27 heavy (non-hydrogen) atoms. The summed E-state index contributed by atoms with van der Waals surface area (Å²) in [5.41, 5.74) is 2.16. The van der Waals surface area contributed by atoms with E-state index in [0.29, 0.717) is 6.61 Å². The number of aromatic nitrogens is 2. The van der Waals surface area contributed by atoms with Crippen LogP contribution in [0.5, 0.6) is 11.5 Å². The SMILES string of the molecule is COc1ccc(OCCN2CCN(Cc3nc4ccccc4[nH]3)CC2)cc1. The van der Waals surface area contributed by atoms with Crippen molar-refractivity contribution in [2.45, 2.75) is 6.54 Å². The highest BCUT2D eigenvalue weighted by molar-refractivity contribution is 5.74. The van der Waals surface area contributed by atoms with Crippen molar-refractivity contribution in [1.29, 1.82) is 0 Å². The molecular weight excluding hydrogens is 340 g/mol. The van der Waals surface area contributed by atoms with E-state index >= 15 is 0 Å². The first-order valence-electron chi connectivity index (χ1n) is 9.45. The van der Waals surface area contributed by atoms with Gasteiger partial charge in [0.15, 0.2) is 0 Å². The Hall–Kier alpha value is -2.57. The average Bonchev–Trinajstić information content (AvgIpc) is 3.12. The van der Waals surface area contributed by atoms with Gasteiger partial charge in [-0.15, -0.1) is 0 Å². The topological polar surface area (TPSA) is 53.6 Å². The van der Waals surface area contributed by atoms with Gasteiger partial charge in [-0.2, -0.15) is 0 Å². The Bertz CT molecular complexity index is 821. The molecule has 1 fully saturated rings. The molecule has 0 bridgehead atoms. The molecular formula is C21H26N4O2. The minimum atomic E-state index is 0.704. The van der Waals surface area contributed by atoms with E-state index in [4.69, 9.17) is 9.47 Å². The van der Waals surface area contributed by atoms with Gasteiger partial charge in [0.25, 0.3) is 0 Å². The van der Waals surface area contributed by atoms with Crippen LogP contribution in [0.1, 0.15) is 5.82 Å². The molecule has 1 aliphatic rings. The smallest absolute Gasteiger partial charge is 0.121 e. The Morgan fingerprint density at radius 2 is 1.63 bits per heavy atom. The molecule has 3 aromatic rings. The molecule has 2 heterocycles. The van der Waals surface area contributed by atoms with Gasteiger partial charge in [-0.1, -0.05) is 12.1 Å². The van der Waals surface area contributed by atoms with Crippen LogP contribution in [0.3, 0.4) is 0 Å². The lowest BCUT2D eigenvalue weighted by molar-refractivity contribution is 0.111. The number of nitrogens with one attached hydrogen (secondary N) is 1. The van der Waals surface area contributed by atoms with Crippen molar-refractivity contribution < 1.29 is 9.47 Å². The molecule has 0 atom stereocenters. The molecule has 6 nitrogen and oxygen atoms in total. The molecule has 1 aliphatic heterocycles. The lowest BCUT2D eigenvalue weighted by atomic mass is 10.3. The summed E-state index contributed by atoms with van der Waals surface area (Å²) in [6.07, 6.45) is 0. The summed E-state index contributed by atoms with van der Waals surface area (Å²) in [4.78, 5) is 13.0. The Labute approximate surface area is 159 Å². The Morgan fingerprint density at radius 1 is 0.926 bits per heavy atom. The maximum Gasteiger partial charge on any atom is 0.121 e. The molecule has 0 amide bonds. The highest BCUT2D eigenvalue weighted by atomic mass is 16.5. The van der Waals surface area contributed by atoms with E-state index in [-0.39, 0.29) is 0 Å². The van der Waals surface area contributed by atoms with Crippen molar-refractivity contribution in [1.82, 2.24) is 19.8 Å². The van der Waals surface area contributed by atoms with Crippen LogP contribution in [0.2, 0.25) is 0 Å². The molecule has 142 valence electrons. The van der Waals surface area contributed by atoms with Gasteiger partial charge >= 0.3 is 0 Å². The maximum absolute atomic E-state index is 5.84. The van der Waals surface area contributed by atoms with Crippen molar-refractivity contribution in [3.63, 3.8) is 0 Å². The molecule has 0 aliphatic carbocycles. The third kappa shape index (κ3) is 4.59. The van der Waals surface area contributed by atoms with Gasteiger partial charge in [0.05, 0.1) is 24.7 Å². The Balaban J connectivity index is 1.19. The van der Waals surface area contributed by atoms with Gasteiger partial charge in [-0.25, -0.2) is 4.98 Å². The fourth-order valence-electron chi connectivity index (χ4n) is 3.43. The van der Waals surface area contributed by atoms with E-state index in [1.165, 1.54) is 0 Å². The second-order valence-corrected chi connectivity index (χ2v) is 6.84. The van der Waals surface area contributed by atoms with E-state index < -0.39 is 0 Å². The van der Waals surface area contributed by atoms with Crippen molar-refractivity contribution >= 4 is 11.0 Å².